The molecule has 732 valence electrons. The van der Waals surface area contributed by atoms with Crippen LogP contribution in [0.15, 0.2) is 353 Å². The number of hydrogen-bond donors (Lipinski definition) is 10. The van der Waals surface area contributed by atoms with Gasteiger partial charge in [-0.25, -0.2) is 4.39 Å². The summed E-state index contributed by atoms with van der Waals surface area (Å²) >= 11 is 17.9. The normalized spacial score (nSPS) is 10.7. The summed E-state index contributed by atoms with van der Waals surface area (Å²) in [6.45, 7) is 5.44. The van der Waals surface area contributed by atoms with E-state index < -0.39 is 0 Å². The Morgan fingerprint density at radius 2 is 0.503 bits per heavy atom. The van der Waals surface area contributed by atoms with E-state index in [1.165, 1.54) is 24.3 Å². The summed E-state index contributed by atoms with van der Waals surface area (Å²) in [6, 6.07) is 86.6. The fourth-order valence-corrected chi connectivity index (χ4v) is 16.4. The van der Waals surface area contributed by atoms with Gasteiger partial charge in [-0.1, -0.05) is 70.7 Å². The molecule has 0 saturated heterocycles. The van der Waals surface area contributed by atoms with Gasteiger partial charge in [0, 0.05) is 214 Å². The Morgan fingerprint density at radius 1 is 0.238 bits per heavy atom. The molecular formula is C113H92Cl3FN20O10. The topological polar surface area (TPSA) is 380 Å². The van der Waals surface area contributed by atoms with E-state index in [0.717, 1.165) is 105 Å². The lowest BCUT2D eigenvalue weighted by molar-refractivity contribution is 0.0950. The summed E-state index contributed by atoms with van der Waals surface area (Å²) < 4.78 is 23.3. The first-order valence-electron chi connectivity index (χ1n) is 45.7. The molecule has 20 aromatic rings. The first-order chi connectivity index (χ1) is 71.1. The number of pyridine rings is 5. The molecule has 0 atom stereocenters. The van der Waals surface area contributed by atoms with Crippen molar-refractivity contribution in [2.75, 3.05) is 61.8 Å². The molecule has 34 heteroatoms. The van der Waals surface area contributed by atoms with Gasteiger partial charge in [-0.2, -0.15) is 0 Å². The minimum Gasteiger partial charge on any atom is -0.354 e. The van der Waals surface area contributed by atoms with Crippen molar-refractivity contribution >= 4 is 177 Å². The lowest BCUT2D eigenvalue weighted by Gasteiger charge is -2.09. The molecule has 0 saturated carbocycles. The van der Waals surface area contributed by atoms with E-state index in [1.54, 1.807) is 158 Å². The second-order valence-corrected chi connectivity index (χ2v) is 34.5. The van der Waals surface area contributed by atoms with Crippen molar-refractivity contribution in [1.29, 1.82) is 0 Å². The number of carbonyl (C=O) groups is 10. The second kappa shape index (κ2) is 45.8. The maximum absolute atomic E-state index is 13.4. The van der Waals surface area contributed by atoms with Crippen LogP contribution in [0.3, 0.4) is 0 Å². The number of nitrogens with one attached hydrogen (secondary N) is 10. The Morgan fingerprint density at radius 3 is 0.782 bits per heavy atom. The lowest BCUT2D eigenvalue weighted by Crippen LogP contribution is -2.19. The molecule has 10 aromatic carbocycles. The number of halogens is 4. The van der Waals surface area contributed by atoms with Crippen LogP contribution in [0.4, 0.5) is 32.8 Å². The van der Waals surface area contributed by atoms with E-state index in [1.807, 2.05) is 250 Å². The zero-order chi connectivity index (χ0) is 104. The molecule has 10 N–H and O–H groups in total. The van der Waals surface area contributed by atoms with Crippen LogP contribution in [0.2, 0.25) is 15.1 Å². The second-order valence-electron chi connectivity index (χ2n) is 33.3. The van der Waals surface area contributed by atoms with Crippen molar-refractivity contribution < 1.29 is 52.3 Å². The third-order valence-corrected chi connectivity index (χ3v) is 24.6. The number of nitrogens with zero attached hydrogens (tertiary/aromatic N) is 10. The Hall–Kier alpha value is -18.9. The van der Waals surface area contributed by atoms with Crippen molar-refractivity contribution in [2.24, 2.45) is 0 Å². The van der Waals surface area contributed by atoms with Gasteiger partial charge in [0.05, 0.1) is 37.6 Å². The third-order valence-electron chi connectivity index (χ3n) is 23.5. The summed E-state index contributed by atoms with van der Waals surface area (Å²) in [5, 5.41) is 33.5. The number of aryl methyl sites for hydroxylation is 3. The van der Waals surface area contributed by atoms with Gasteiger partial charge in [-0.05, 0) is 293 Å². The smallest absolute Gasteiger partial charge is 0.269 e. The molecule has 0 spiro atoms. The van der Waals surface area contributed by atoms with Crippen LogP contribution in [0.1, 0.15) is 121 Å². The number of amides is 10. The minimum atomic E-state index is -0.343. The fraction of sp³-hybridized carbons (Fsp3) is 0.0708. The largest absolute Gasteiger partial charge is 0.354 e. The Kier molecular flexibility index (Phi) is 31.5. The highest BCUT2D eigenvalue weighted by Gasteiger charge is 2.21. The highest BCUT2D eigenvalue weighted by Crippen LogP contribution is 2.33. The number of fused-ring (bicyclic) bond motifs is 5. The summed E-state index contributed by atoms with van der Waals surface area (Å²) in [4.78, 5) is 142. The van der Waals surface area contributed by atoms with Gasteiger partial charge in [0.1, 0.15) is 34.3 Å². The van der Waals surface area contributed by atoms with Crippen LogP contribution >= 0.6 is 34.8 Å². The molecule has 0 aliphatic heterocycles. The molecule has 0 bridgehead atoms. The van der Waals surface area contributed by atoms with Gasteiger partial charge >= 0.3 is 0 Å². The van der Waals surface area contributed by atoms with Crippen LogP contribution in [-0.4, -0.2) is 142 Å². The molecule has 0 aliphatic rings. The molecule has 10 amide bonds. The van der Waals surface area contributed by atoms with E-state index in [9.17, 15) is 52.3 Å². The van der Waals surface area contributed by atoms with Crippen LogP contribution in [0, 0.1) is 26.6 Å². The highest BCUT2D eigenvalue weighted by molar-refractivity contribution is 6.42. The molecule has 0 fully saturated rings. The Labute approximate surface area is 856 Å². The van der Waals surface area contributed by atoms with Gasteiger partial charge in [0.2, 0.25) is 0 Å². The predicted molar refractivity (Wildman–Crippen MR) is 573 cm³/mol. The number of benzene rings is 10. The van der Waals surface area contributed by atoms with Crippen molar-refractivity contribution in [3.63, 3.8) is 0 Å². The van der Waals surface area contributed by atoms with Crippen LogP contribution in [0.25, 0.3) is 83.0 Å². The van der Waals surface area contributed by atoms with Crippen LogP contribution in [-0.2, 0) is 0 Å². The standard InChI is InChI=1S/C23H19ClN4O2.C23H19FN4O2.C23H20N4O2.C22H16Cl2N4O2.C22H18N4O2/c2*1-14-11-16(3-5-19(14)24)22(29)27-17-4-6-21-15(12-17)8-10-28(21)18-7-9-26-20(13-18)23(30)25-2;1-15-4-3-5-17(12-15)22(28)26-18-6-7-21-16(13-18)9-11-27(21)19-8-10-25-20(14-19)23(29)24-2;1-25-22(30)19-12-16(6-8-26-19)28-9-7-13-10-15(3-5-20(13)28)27-21(29)14-2-4-17(23)18(24)11-14;1-23-22(28)19-14-18(9-11-24-19)26-12-10-16-13-17(7-8-20(16)26)25-21(27)15-5-3-2-4-6-15/h2*3-13H,1-2H3,(H,25,30)(H,27,29);3-14H,1-2H3,(H,24,29)(H,26,28);2-12H,1H3,(H,25,30)(H,27,29);2-14H,1H3,(H,23,28)(H,25,27). The summed E-state index contributed by atoms with van der Waals surface area (Å²) in [6.07, 6.45) is 17.6. The summed E-state index contributed by atoms with van der Waals surface area (Å²) in [5.41, 5.74) is 18.9. The van der Waals surface area contributed by atoms with Crippen molar-refractivity contribution in [2.45, 2.75) is 20.8 Å². The third kappa shape index (κ3) is 24.0. The first-order valence-corrected chi connectivity index (χ1v) is 46.9. The molecule has 0 unspecified atom stereocenters. The molecule has 0 radical (unpaired) electrons. The summed E-state index contributed by atoms with van der Waals surface area (Å²) in [7, 11) is 7.85. The molecule has 0 aliphatic carbocycles. The number of hydrogen-bond acceptors (Lipinski definition) is 15. The van der Waals surface area contributed by atoms with Crippen molar-refractivity contribution in [3.8, 4) is 28.4 Å². The number of anilines is 5. The maximum atomic E-state index is 13.4. The van der Waals surface area contributed by atoms with E-state index in [2.05, 4.69) is 78.1 Å². The number of rotatable bonds is 20. The molecule has 147 heavy (non-hydrogen) atoms. The van der Waals surface area contributed by atoms with Crippen molar-refractivity contribution in [1.82, 2.24) is 74.3 Å². The van der Waals surface area contributed by atoms with Gasteiger partial charge < -0.3 is 76.0 Å². The van der Waals surface area contributed by atoms with Gasteiger partial charge in [0.25, 0.3) is 59.1 Å². The van der Waals surface area contributed by atoms with Gasteiger partial charge in [-0.3, -0.25) is 72.9 Å². The molecular weight excluding hydrogens is 1920 g/mol. The molecule has 20 rings (SSSR count). The zero-order valence-electron chi connectivity index (χ0n) is 80.1. The van der Waals surface area contributed by atoms with Crippen LogP contribution < -0.4 is 53.2 Å². The first kappa shape index (κ1) is 101. The molecule has 10 heterocycles. The lowest BCUT2D eigenvalue weighted by atomic mass is 10.1. The fourth-order valence-electron chi connectivity index (χ4n) is 15.9. The van der Waals surface area contributed by atoms with E-state index in [0.29, 0.717) is 94.0 Å². The van der Waals surface area contributed by atoms with Gasteiger partial charge in [-0.15, -0.1) is 0 Å². The Balaban J connectivity index is 0.000000131. The van der Waals surface area contributed by atoms with Crippen molar-refractivity contribution in [3.05, 3.63) is 447 Å². The molecule has 30 nitrogen and oxygen atoms in total. The van der Waals surface area contributed by atoms with Gasteiger partial charge in [0.15, 0.2) is 0 Å². The highest BCUT2D eigenvalue weighted by atomic mass is 35.5. The average molecular weight is 2020 g/mol. The number of aromatic nitrogens is 10. The monoisotopic (exact) mass is 2010 g/mol. The SMILES string of the molecule is CNC(=O)c1cc(-n2ccc3cc(NC(=O)c4ccc(Cl)c(C)c4)ccc32)ccn1.CNC(=O)c1cc(-n2ccc3cc(NC(=O)c4ccc(Cl)c(Cl)c4)ccc32)ccn1.CNC(=O)c1cc(-n2ccc3cc(NC(=O)c4ccc(F)c(C)c4)ccc32)ccn1.CNC(=O)c1cc(-n2ccc3cc(NC(=O)c4cccc(C)c4)ccc32)ccn1.CNC(=O)c1cc(-n2ccc3cc(NC(=O)c4ccccc4)ccc32)ccn1. The predicted octanol–water partition coefficient (Wildman–Crippen LogP) is 21.2. The number of carbonyl (C=O) groups excluding carboxylic acids is 10. The quantitative estimate of drug-likeness (QED) is 0.0339. The van der Waals surface area contributed by atoms with Crippen LogP contribution in [0.5, 0.6) is 0 Å². The maximum Gasteiger partial charge on any atom is 0.269 e. The molecule has 10 aromatic heterocycles. The average Bonchev–Trinajstić information content (AvgIpc) is 1.64. The zero-order valence-corrected chi connectivity index (χ0v) is 82.3. The van der Waals surface area contributed by atoms with E-state index in [4.69, 9.17) is 34.8 Å². The Bertz CT molecular complexity index is 8040. The van der Waals surface area contributed by atoms with E-state index in [-0.39, 0.29) is 64.9 Å². The minimum absolute atomic E-state index is 0.142. The van der Waals surface area contributed by atoms with E-state index >= 15 is 0 Å². The summed E-state index contributed by atoms with van der Waals surface area (Å²) in [5.74, 6) is -2.62.